The van der Waals surface area contributed by atoms with Gasteiger partial charge in [0, 0.05) is 0 Å². The molecule has 1 aromatic carbocycles. The van der Waals surface area contributed by atoms with Gasteiger partial charge in [-0.05, 0) is 41.2 Å². The van der Waals surface area contributed by atoms with Crippen LogP contribution in [0.15, 0.2) is 28.2 Å². The summed E-state index contributed by atoms with van der Waals surface area (Å²) < 4.78 is 6.04. The maximum absolute atomic E-state index is 6.04. The molecule has 0 N–H and O–H groups in total. The fraction of sp³-hybridized carbons (Fsp3) is 0.667. The van der Waals surface area contributed by atoms with Gasteiger partial charge < -0.3 is 4.74 Å². The maximum atomic E-state index is 6.04. The molecule has 0 bridgehead atoms. The summed E-state index contributed by atoms with van der Waals surface area (Å²) in [7, 11) is 1.25. The SMILES string of the molecule is CCCCC(=Nc1c(C(C)C)cccc1C(C)C)C1=N[C@@H](C(C)(C)C)CO1.[Br][Ni][Br]. The molecular weight excluding hydrogens is 551 g/mol. The predicted octanol–water partition coefficient (Wildman–Crippen LogP) is 8.73. The Morgan fingerprint density at radius 3 is 2.10 bits per heavy atom. The van der Waals surface area contributed by atoms with Gasteiger partial charge in [0.25, 0.3) is 0 Å². The number of benzene rings is 1. The van der Waals surface area contributed by atoms with Crippen LogP contribution in [0.3, 0.4) is 0 Å². The van der Waals surface area contributed by atoms with E-state index in [0.29, 0.717) is 18.4 Å². The van der Waals surface area contributed by atoms with Crippen molar-refractivity contribution in [2.75, 3.05) is 6.61 Å². The molecule has 0 saturated heterocycles. The van der Waals surface area contributed by atoms with E-state index in [1.165, 1.54) is 22.0 Å². The molecule has 0 aliphatic carbocycles. The number of halogens is 2. The zero-order valence-corrected chi connectivity index (χ0v) is 23.8. The molecule has 0 saturated carbocycles. The normalized spacial score (nSPS) is 17.1. The fourth-order valence-corrected chi connectivity index (χ4v) is 3.31. The van der Waals surface area contributed by atoms with E-state index in [9.17, 15) is 0 Å². The number of hydrogen-bond donors (Lipinski definition) is 0. The molecule has 0 fully saturated rings. The molecule has 1 aromatic rings. The Hall–Kier alpha value is -0.186. The zero-order chi connectivity index (χ0) is 22.9. The van der Waals surface area contributed by atoms with Gasteiger partial charge in [0.15, 0.2) is 0 Å². The second kappa shape index (κ2) is 13.4. The van der Waals surface area contributed by atoms with E-state index in [1.54, 1.807) is 0 Å². The number of rotatable bonds is 7. The summed E-state index contributed by atoms with van der Waals surface area (Å²) in [6.07, 6.45) is 3.15. The Balaban J connectivity index is 0.00000141. The molecule has 0 amide bonds. The van der Waals surface area contributed by atoms with Crippen LogP contribution in [-0.4, -0.2) is 24.3 Å². The minimum absolute atomic E-state index is 0.108. The third-order valence-corrected chi connectivity index (χ3v) is 5.25. The molecular formula is C24H38Br2N2NiO. The quantitative estimate of drug-likeness (QED) is 0.232. The molecule has 0 aromatic heterocycles. The fourth-order valence-electron chi connectivity index (χ4n) is 3.31. The van der Waals surface area contributed by atoms with Crippen molar-refractivity contribution in [2.45, 2.75) is 92.5 Å². The van der Waals surface area contributed by atoms with Gasteiger partial charge in [-0.15, -0.1) is 0 Å². The first kappa shape index (κ1) is 27.8. The van der Waals surface area contributed by atoms with E-state index < -0.39 is 0 Å². The number of unbranched alkanes of at least 4 members (excludes halogenated alkanes) is 1. The first-order valence-electron chi connectivity index (χ1n) is 10.8. The van der Waals surface area contributed by atoms with Crippen molar-refractivity contribution in [3.63, 3.8) is 0 Å². The van der Waals surface area contributed by atoms with Crippen LogP contribution < -0.4 is 0 Å². The van der Waals surface area contributed by atoms with E-state index in [2.05, 4.69) is 102 Å². The van der Waals surface area contributed by atoms with E-state index >= 15 is 0 Å². The molecule has 6 heteroatoms. The molecule has 1 aliphatic rings. The van der Waals surface area contributed by atoms with Crippen LogP contribution in [0.25, 0.3) is 0 Å². The van der Waals surface area contributed by atoms with Crippen molar-refractivity contribution in [2.24, 2.45) is 15.4 Å². The van der Waals surface area contributed by atoms with Crippen molar-refractivity contribution in [1.29, 1.82) is 0 Å². The summed E-state index contributed by atoms with van der Waals surface area (Å²) in [6, 6.07) is 6.78. The first-order valence-corrected chi connectivity index (χ1v) is 15.7. The van der Waals surface area contributed by atoms with Crippen LogP contribution >= 0.6 is 28.5 Å². The van der Waals surface area contributed by atoms with Crippen molar-refractivity contribution in [3.05, 3.63) is 29.3 Å². The number of para-hydroxylation sites is 1. The number of ether oxygens (including phenoxy) is 1. The molecule has 0 radical (unpaired) electrons. The third-order valence-electron chi connectivity index (χ3n) is 5.25. The zero-order valence-electron chi connectivity index (χ0n) is 19.7. The first-order chi connectivity index (χ1) is 14.1. The average molecular weight is 589 g/mol. The predicted molar refractivity (Wildman–Crippen MR) is 136 cm³/mol. The van der Waals surface area contributed by atoms with Gasteiger partial charge in [-0.1, -0.05) is 80.0 Å². The van der Waals surface area contributed by atoms with Crippen LogP contribution in [0.4, 0.5) is 5.69 Å². The van der Waals surface area contributed by atoms with Gasteiger partial charge in [0.1, 0.15) is 12.3 Å². The molecule has 174 valence electrons. The second-order valence-corrected chi connectivity index (χ2v) is 14.4. The summed E-state index contributed by atoms with van der Waals surface area (Å²) in [5.41, 5.74) is 4.86. The summed E-state index contributed by atoms with van der Waals surface area (Å²) >= 11 is 6.00. The molecule has 30 heavy (non-hydrogen) atoms. The van der Waals surface area contributed by atoms with Gasteiger partial charge in [-0.25, -0.2) is 9.98 Å². The van der Waals surface area contributed by atoms with Crippen molar-refractivity contribution >= 4 is 45.7 Å². The Morgan fingerprint density at radius 2 is 1.70 bits per heavy atom. The van der Waals surface area contributed by atoms with Crippen LogP contribution in [0, 0.1) is 5.41 Å². The molecule has 2 rings (SSSR count). The van der Waals surface area contributed by atoms with Crippen molar-refractivity contribution < 1.29 is 15.6 Å². The van der Waals surface area contributed by atoms with Gasteiger partial charge in [-0.3, -0.25) is 0 Å². The van der Waals surface area contributed by atoms with E-state index in [0.717, 1.165) is 36.6 Å². The Kier molecular flexibility index (Phi) is 12.4. The van der Waals surface area contributed by atoms with E-state index in [1.807, 2.05) is 0 Å². The van der Waals surface area contributed by atoms with Crippen molar-refractivity contribution in [1.82, 2.24) is 0 Å². The Labute approximate surface area is 204 Å². The van der Waals surface area contributed by atoms with Crippen LogP contribution in [0.1, 0.15) is 97.6 Å². The molecule has 0 spiro atoms. The molecule has 1 heterocycles. The Bertz CT molecular complexity index is 698. The van der Waals surface area contributed by atoms with Gasteiger partial charge >= 0.3 is 39.3 Å². The van der Waals surface area contributed by atoms with Gasteiger partial charge in [0.2, 0.25) is 5.90 Å². The van der Waals surface area contributed by atoms with Crippen LogP contribution in [-0.2, 0) is 15.6 Å². The molecule has 3 nitrogen and oxygen atoms in total. The van der Waals surface area contributed by atoms with Crippen molar-refractivity contribution in [3.8, 4) is 0 Å². The van der Waals surface area contributed by atoms with Gasteiger partial charge in [-0.2, -0.15) is 0 Å². The van der Waals surface area contributed by atoms with E-state index in [-0.39, 0.29) is 11.5 Å². The third kappa shape index (κ3) is 8.39. The molecule has 1 atom stereocenters. The summed E-state index contributed by atoms with van der Waals surface area (Å²) in [6.45, 7) is 18.5. The number of aliphatic imine (C=N–C) groups is 2. The van der Waals surface area contributed by atoms with E-state index in [4.69, 9.17) is 14.7 Å². The summed E-state index contributed by atoms with van der Waals surface area (Å²) in [4.78, 5) is 10.1. The number of nitrogens with zero attached hydrogens (tertiary/aromatic N) is 2. The standard InChI is InChI=1S/C24H38N2O.2BrH.Ni/c1-9-10-14-20(23-26-21(15-27-23)24(6,7)8)25-22-18(16(2)3)12-11-13-19(22)17(4)5;;;/h11-13,16-17,21H,9-10,14-15H2,1-8H3;2*1H;/q;;;+2/p-2/t21-;;;/m1.../s1. The summed E-state index contributed by atoms with van der Waals surface area (Å²) in [5.74, 6) is 1.63. The average Bonchev–Trinajstić information content (AvgIpc) is 3.16. The monoisotopic (exact) mass is 586 g/mol. The van der Waals surface area contributed by atoms with Crippen LogP contribution in [0.2, 0.25) is 0 Å². The Morgan fingerprint density at radius 1 is 1.17 bits per heavy atom. The van der Waals surface area contributed by atoms with Crippen LogP contribution in [0.5, 0.6) is 0 Å². The van der Waals surface area contributed by atoms with Gasteiger partial charge in [0.05, 0.1) is 11.7 Å². The topological polar surface area (TPSA) is 34.0 Å². The molecule has 1 aliphatic heterocycles. The number of hydrogen-bond acceptors (Lipinski definition) is 3. The minimum atomic E-state index is 0.108. The molecule has 0 unspecified atom stereocenters. The summed E-state index contributed by atoms with van der Waals surface area (Å²) in [5, 5.41) is 0. The second-order valence-electron chi connectivity index (χ2n) is 9.43.